The summed E-state index contributed by atoms with van der Waals surface area (Å²) in [5, 5.41) is 31.5. The van der Waals surface area contributed by atoms with Gasteiger partial charge in [0.15, 0.2) is 0 Å². The molecule has 2 heterocycles. The molecule has 0 spiro atoms. The summed E-state index contributed by atoms with van der Waals surface area (Å²) in [7, 11) is 0. The highest BCUT2D eigenvalue weighted by molar-refractivity contribution is 5.73. The molecule has 7 nitrogen and oxygen atoms in total. The molecule has 0 aromatic carbocycles. The molecular weight excluding hydrogens is 226 g/mol. The normalized spacial score (nSPS) is 32.0. The van der Waals surface area contributed by atoms with Gasteiger partial charge >= 0.3 is 0 Å². The molecule has 0 aliphatic carbocycles. The maximum Gasteiger partial charge on any atom is 0.217 e. The Hall–Kier alpha value is -1.44. The van der Waals surface area contributed by atoms with Crippen molar-refractivity contribution in [2.24, 2.45) is 0 Å². The number of rotatable bonds is 2. The number of imidazole rings is 1. The summed E-state index contributed by atoms with van der Waals surface area (Å²) in [4.78, 5) is 15.1. The second kappa shape index (κ2) is 4.44. The summed E-state index contributed by atoms with van der Waals surface area (Å²) < 4.78 is 1.57. The van der Waals surface area contributed by atoms with Crippen molar-refractivity contribution in [2.75, 3.05) is 6.61 Å². The van der Waals surface area contributed by atoms with Crippen LogP contribution in [0.4, 0.5) is 0 Å². The average Bonchev–Trinajstić information content (AvgIpc) is 2.73. The zero-order valence-corrected chi connectivity index (χ0v) is 9.32. The number of amides is 1. The van der Waals surface area contributed by atoms with Crippen LogP contribution in [-0.4, -0.2) is 49.6 Å². The molecule has 1 aromatic heterocycles. The third-order valence-corrected chi connectivity index (χ3v) is 2.97. The highest BCUT2D eigenvalue weighted by Gasteiger charge is 2.42. The van der Waals surface area contributed by atoms with Gasteiger partial charge in [-0.25, -0.2) is 4.98 Å². The second-order valence-corrected chi connectivity index (χ2v) is 4.10. The second-order valence-electron chi connectivity index (χ2n) is 4.10. The molecular formula is C10H15N3O4. The van der Waals surface area contributed by atoms with Gasteiger partial charge in [-0.3, -0.25) is 4.79 Å². The molecule has 0 bridgehead atoms. The summed E-state index contributed by atoms with van der Waals surface area (Å²) in [6, 6.07) is -1.41. The van der Waals surface area contributed by atoms with Crippen LogP contribution in [-0.2, 0) is 4.79 Å². The summed E-state index contributed by atoms with van der Waals surface area (Å²) in [5.74, 6) is 0.107. The fourth-order valence-corrected chi connectivity index (χ4v) is 2.15. The highest BCUT2D eigenvalue weighted by Crippen LogP contribution is 2.31. The Bertz CT molecular complexity index is 419. The first-order chi connectivity index (χ1) is 8.06. The lowest BCUT2D eigenvalue weighted by molar-refractivity contribution is -0.123. The molecule has 7 heteroatoms. The van der Waals surface area contributed by atoms with Gasteiger partial charge in [-0.1, -0.05) is 0 Å². The van der Waals surface area contributed by atoms with Gasteiger partial charge in [0.05, 0.1) is 12.6 Å². The topological polar surface area (TPSA) is 108 Å². The van der Waals surface area contributed by atoms with Gasteiger partial charge in [0, 0.05) is 19.3 Å². The van der Waals surface area contributed by atoms with Crippen LogP contribution in [0.2, 0.25) is 0 Å². The van der Waals surface area contributed by atoms with Gasteiger partial charge in [-0.05, 0) is 0 Å². The van der Waals surface area contributed by atoms with Crippen LogP contribution in [0.25, 0.3) is 0 Å². The number of hydrogen-bond acceptors (Lipinski definition) is 5. The Labute approximate surface area is 97.7 Å². The Morgan fingerprint density at radius 2 is 2.24 bits per heavy atom. The molecule has 2 rings (SSSR count). The maximum absolute atomic E-state index is 11.1. The zero-order chi connectivity index (χ0) is 12.6. The molecule has 1 aliphatic rings. The lowest BCUT2D eigenvalue weighted by atomic mass is 9.94. The molecule has 0 saturated carbocycles. The van der Waals surface area contributed by atoms with Gasteiger partial charge in [0.2, 0.25) is 5.91 Å². The SMILES string of the molecule is CC(=O)N[C@H]1c2nccn2[C@H](CO)[C@@H](O)[C@@H]1O. The largest absolute Gasteiger partial charge is 0.394 e. The summed E-state index contributed by atoms with van der Waals surface area (Å²) in [6.45, 7) is 1.01. The van der Waals surface area contributed by atoms with E-state index in [2.05, 4.69) is 10.3 Å². The van der Waals surface area contributed by atoms with Gasteiger partial charge in [0.1, 0.15) is 24.1 Å². The van der Waals surface area contributed by atoms with Gasteiger partial charge < -0.3 is 25.2 Å². The monoisotopic (exact) mass is 241 g/mol. The molecule has 4 N–H and O–H groups in total. The number of hydrogen-bond donors (Lipinski definition) is 4. The summed E-state index contributed by atoms with van der Waals surface area (Å²) in [5.41, 5.74) is 0. The number of aromatic nitrogens is 2. The first-order valence-corrected chi connectivity index (χ1v) is 5.33. The molecule has 0 saturated heterocycles. The van der Waals surface area contributed by atoms with Crippen molar-refractivity contribution in [1.29, 1.82) is 0 Å². The molecule has 17 heavy (non-hydrogen) atoms. The molecule has 94 valence electrons. The van der Waals surface area contributed by atoms with Crippen LogP contribution in [0, 0.1) is 0 Å². The number of nitrogens with one attached hydrogen (secondary N) is 1. The summed E-state index contributed by atoms with van der Waals surface area (Å²) >= 11 is 0. The number of aliphatic hydroxyl groups is 3. The van der Waals surface area contributed by atoms with Crippen LogP contribution in [0.5, 0.6) is 0 Å². The van der Waals surface area contributed by atoms with Crippen LogP contribution in [0.1, 0.15) is 24.8 Å². The molecule has 0 radical (unpaired) electrons. The first kappa shape index (κ1) is 12.0. The van der Waals surface area contributed by atoms with Crippen LogP contribution in [0.15, 0.2) is 12.4 Å². The van der Waals surface area contributed by atoms with Gasteiger partial charge in [-0.15, -0.1) is 0 Å². The van der Waals surface area contributed by atoms with Crippen molar-refractivity contribution in [1.82, 2.24) is 14.9 Å². The van der Waals surface area contributed by atoms with Crippen molar-refractivity contribution < 1.29 is 20.1 Å². The lowest BCUT2D eigenvalue weighted by Crippen LogP contribution is -2.51. The minimum atomic E-state index is -1.19. The van der Waals surface area contributed by atoms with E-state index in [-0.39, 0.29) is 12.5 Å². The van der Waals surface area contributed by atoms with E-state index < -0.39 is 24.3 Å². The minimum Gasteiger partial charge on any atom is -0.394 e. The fourth-order valence-electron chi connectivity index (χ4n) is 2.15. The van der Waals surface area contributed by atoms with E-state index in [1.807, 2.05) is 0 Å². The molecule has 1 amide bonds. The Morgan fingerprint density at radius 3 is 2.82 bits per heavy atom. The summed E-state index contributed by atoms with van der Waals surface area (Å²) in [6.07, 6.45) is 0.752. The van der Waals surface area contributed by atoms with E-state index in [9.17, 15) is 20.1 Å². The highest BCUT2D eigenvalue weighted by atomic mass is 16.3. The van der Waals surface area contributed by atoms with Crippen molar-refractivity contribution in [3.63, 3.8) is 0 Å². The van der Waals surface area contributed by atoms with E-state index in [1.54, 1.807) is 10.8 Å². The molecule has 1 aromatic rings. The quantitative estimate of drug-likeness (QED) is 0.495. The number of carbonyl (C=O) groups is 1. The Kier molecular flexibility index (Phi) is 3.14. The standard InChI is InChI=1S/C10H15N3O4/c1-5(15)12-7-9(17)8(16)6(4-14)13-3-2-11-10(7)13/h2-3,6-9,14,16-17H,4H2,1H3,(H,12,15)/t6-,7-,8-,9-/m1/s1. The average molecular weight is 241 g/mol. The number of carbonyl (C=O) groups excluding carboxylic acids is 1. The van der Waals surface area contributed by atoms with Crippen LogP contribution in [0.3, 0.4) is 0 Å². The Balaban J connectivity index is 2.39. The van der Waals surface area contributed by atoms with Gasteiger partial charge in [-0.2, -0.15) is 0 Å². The zero-order valence-electron chi connectivity index (χ0n) is 9.32. The van der Waals surface area contributed by atoms with E-state index in [0.29, 0.717) is 5.82 Å². The third-order valence-electron chi connectivity index (χ3n) is 2.97. The third kappa shape index (κ3) is 1.92. The fraction of sp³-hybridized carbons (Fsp3) is 0.600. The molecule has 4 atom stereocenters. The van der Waals surface area contributed by atoms with E-state index in [1.165, 1.54) is 13.1 Å². The minimum absolute atomic E-state index is 0.311. The van der Waals surface area contributed by atoms with Crippen molar-refractivity contribution in [3.8, 4) is 0 Å². The van der Waals surface area contributed by atoms with Crippen LogP contribution < -0.4 is 5.32 Å². The number of nitrogens with zero attached hydrogens (tertiary/aromatic N) is 2. The van der Waals surface area contributed by atoms with E-state index in [4.69, 9.17) is 0 Å². The van der Waals surface area contributed by atoms with E-state index in [0.717, 1.165) is 0 Å². The molecule has 0 unspecified atom stereocenters. The predicted molar refractivity (Wildman–Crippen MR) is 56.9 cm³/mol. The first-order valence-electron chi connectivity index (χ1n) is 5.33. The molecule has 1 aliphatic heterocycles. The van der Waals surface area contributed by atoms with Crippen LogP contribution >= 0.6 is 0 Å². The van der Waals surface area contributed by atoms with Crippen molar-refractivity contribution in [3.05, 3.63) is 18.2 Å². The van der Waals surface area contributed by atoms with Crippen molar-refractivity contribution >= 4 is 5.91 Å². The maximum atomic E-state index is 11.1. The van der Waals surface area contributed by atoms with E-state index >= 15 is 0 Å². The smallest absolute Gasteiger partial charge is 0.217 e. The Morgan fingerprint density at radius 1 is 1.53 bits per heavy atom. The lowest BCUT2D eigenvalue weighted by Gasteiger charge is -2.37. The number of fused-ring (bicyclic) bond motifs is 1. The molecule has 0 fully saturated rings. The van der Waals surface area contributed by atoms with Crippen molar-refractivity contribution in [2.45, 2.75) is 31.2 Å². The van der Waals surface area contributed by atoms with Gasteiger partial charge in [0.25, 0.3) is 0 Å². The predicted octanol–water partition coefficient (Wildman–Crippen LogP) is -1.67. The number of aliphatic hydroxyl groups excluding tert-OH is 3.